The van der Waals surface area contributed by atoms with Crippen molar-refractivity contribution in [3.8, 4) is 0 Å². The summed E-state index contributed by atoms with van der Waals surface area (Å²) in [4.78, 5) is 24.0. The Labute approximate surface area is 148 Å². The summed E-state index contributed by atoms with van der Waals surface area (Å²) in [6, 6.07) is 0. The quantitative estimate of drug-likeness (QED) is 0.459. The van der Waals surface area contributed by atoms with Gasteiger partial charge in [-0.05, 0) is 42.9 Å². The fourth-order valence-corrected chi connectivity index (χ4v) is 2.93. The lowest BCUT2D eigenvalue weighted by atomic mass is 9.81. The van der Waals surface area contributed by atoms with Crippen LogP contribution in [0.2, 0.25) is 0 Å². The Kier molecular flexibility index (Phi) is 10.6. The number of carbonyl (C=O) groups excluding carboxylic acids is 2. The van der Waals surface area contributed by atoms with E-state index in [0.717, 1.165) is 25.7 Å². The van der Waals surface area contributed by atoms with Crippen molar-refractivity contribution in [3.63, 3.8) is 0 Å². The summed E-state index contributed by atoms with van der Waals surface area (Å²) >= 11 is 0. The lowest BCUT2D eigenvalue weighted by molar-refractivity contribution is -0.124. The highest BCUT2D eigenvalue weighted by Crippen LogP contribution is 2.30. The predicted octanol–water partition coefficient (Wildman–Crippen LogP) is 4.41. The lowest BCUT2D eigenvalue weighted by Gasteiger charge is -2.24. The van der Waals surface area contributed by atoms with Gasteiger partial charge < -0.3 is 10.2 Å². The van der Waals surface area contributed by atoms with Gasteiger partial charge in [0.2, 0.25) is 0 Å². The van der Waals surface area contributed by atoms with Gasteiger partial charge in [0.25, 0.3) is 0 Å². The van der Waals surface area contributed by atoms with Crippen molar-refractivity contribution in [1.29, 1.82) is 0 Å². The van der Waals surface area contributed by atoms with Gasteiger partial charge in [0.15, 0.2) is 6.29 Å². The first-order valence-corrected chi connectivity index (χ1v) is 9.37. The molecule has 0 aliphatic rings. The number of ketones is 2. The largest absolute Gasteiger partial charge is 0.368 e. The number of hydrogen-bond acceptors (Lipinski definition) is 4. The van der Waals surface area contributed by atoms with Gasteiger partial charge in [-0.2, -0.15) is 0 Å². The van der Waals surface area contributed by atoms with Crippen LogP contribution in [0.5, 0.6) is 0 Å². The predicted molar refractivity (Wildman–Crippen MR) is 97.6 cm³/mol. The number of hydrogen-bond donors (Lipinski definition) is 2. The lowest BCUT2D eigenvalue weighted by Crippen LogP contribution is -2.17. The van der Waals surface area contributed by atoms with Crippen LogP contribution in [0.15, 0.2) is 0 Å². The van der Waals surface area contributed by atoms with Crippen molar-refractivity contribution in [2.45, 2.75) is 105 Å². The third-order valence-electron chi connectivity index (χ3n) is 4.85. The summed E-state index contributed by atoms with van der Waals surface area (Å²) in [5.74, 6) is 0.323. The van der Waals surface area contributed by atoms with E-state index in [2.05, 4.69) is 20.8 Å². The van der Waals surface area contributed by atoms with Crippen LogP contribution >= 0.6 is 0 Å². The Balaban J connectivity index is 3.98. The van der Waals surface area contributed by atoms with Crippen molar-refractivity contribution >= 4 is 11.6 Å². The minimum Gasteiger partial charge on any atom is -0.368 e. The highest BCUT2D eigenvalue weighted by molar-refractivity contribution is 5.85. The Bertz CT molecular complexity index is 383. The Morgan fingerprint density at radius 2 is 1.17 bits per heavy atom. The molecule has 0 heterocycles. The molecule has 0 aromatic heterocycles. The van der Waals surface area contributed by atoms with Gasteiger partial charge in [0.1, 0.15) is 11.6 Å². The third kappa shape index (κ3) is 12.7. The van der Waals surface area contributed by atoms with Crippen LogP contribution in [0.1, 0.15) is 98.8 Å². The molecule has 0 spiro atoms. The monoisotopic (exact) mass is 342 g/mol. The number of aliphatic hydroxyl groups excluding tert-OH is 1. The molecule has 0 radical (unpaired) electrons. The van der Waals surface area contributed by atoms with E-state index in [0.29, 0.717) is 38.5 Å². The van der Waals surface area contributed by atoms with Gasteiger partial charge in [-0.15, -0.1) is 0 Å². The van der Waals surface area contributed by atoms with E-state index in [4.69, 9.17) is 10.2 Å². The SMILES string of the molecule is CCCC(C)(C)CCC(=O)CCC(=O)CCC(C)(C)CCC(O)O. The number of carbonyl (C=O) groups is 2. The van der Waals surface area contributed by atoms with E-state index in [1.807, 2.05) is 13.8 Å². The van der Waals surface area contributed by atoms with Gasteiger partial charge in [0.05, 0.1) is 0 Å². The Morgan fingerprint density at radius 3 is 1.54 bits per heavy atom. The summed E-state index contributed by atoms with van der Waals surface area (Å²) < 4.78 is 0. The zero-order valence-electron chi connectivity index (χ0n) is 16.4. The molecule has 0 rings (SSSR count). The molecule has 24 heavy (non-hydrogen) atoms. The normalized spacial score (nSPS) is 12.7. The first-order chi connectivity index (χ1) is 11.0. The van der Waals surface area contributed by atoms with E-state index in [9.17, 15) is 9.59 Å². The molecule has 0 aliphatic carbocycles. The van der Waals surface area contributed by atoms with E-state index >= 15 is 0 Å². The summed E-state index contributed by atoms with van der Waals surface area (Å²) in [5, 5.41) is 17.9. The van der Waals surface area contributed by atoms with Crippen LogP contribution in [0.25, 0.3) is 0 Å². The zero-order chi connectivity index (χ0) is 18.8. The smallest absolute Gasteiger partial charge is 0.151 e. The van der Waals surface area contributed by atoms with Crippen LogP contribution in [0, 0.1) is 10.8 Å². The molecule has 0 aliphatic heterocycles. The fraction of sp³-hybridized carbons (Fsp3) is 0.900. The second-order valence-electron chi connectivity index (χ2n) is 8.68. The molecule has 2 N–H and O–H groups in total. The third-order valence-corrected chi connectivity index (χ3v) is 4.85. The highest BCUT2D eigenvalue weighted by Gasteiger charge is 2.21. The molecule has 0 amide bonds. The average Bonchev–Trinajstić information content (AvgIpc) is 2.47. The standard InChI is InChI=1S/C20H38O4/c1-6-12-19(2,3)13-9-16(21)7-8-17(22)10-14-20(4,5)15-11-18(23)24/h18,23-24H,6-15H2,1-5H3. The molecule has 0 aromatic carbocycles. The first kappa shape index (κ1) is 23.3. The Hall–Kier alpha value is -0.740. The molecule has 0 aromatic rings. The molecule has 4 nitrogen and oxygen atoms in total. The van der Waals surface area contributed by atoms with Gasteiger partial charge in [-0.25, -0.2) is 0 Å². The molecule has 0 bridgehead atoms. The van der Waals surface area contributed by atoms with Crippen molar-refractivity contribution < 1.29 is 19.8 Å². The van der Waals surface area contributed by atoms with Gasteiger partial charge in [0, 0.05) is 25.7 Å². The fourth-order valence-electron chi connectivity index (χ4n) is 2.93. The molecular formula is C20H38O4. The molecule has 4 heteroatoms. The summed E-state index contributed by atoms with van der Waals surface area (Å²) in [5.41, 5.74) is 0.114. The summed E-state index contributed by atoms with van der Waals surface area (Å²) in [7, 11) is 0. The molecule has 0 atom stereocenters. The van der Waals surface area contributed by atoms with Crippen molar-refractivity contribution in [2.24, 2.45) is 10.8 Å². The molecule has 0 unspecified atom stereocenters. The maximum Gasteiger partial charge on any atom is 0.151 e. The molecule has 142 valence electrons. The van der Waals surface area contributed by atoms with Crippen LogP contribution in [-0.2, 0) is 9.59 Å². The highest BCUT2D eigenvalue weighted by atomic mass is 16.5. The zero-order valence-corrected chi connectivity index (χ0v) is 16.4. The van der Waals surface area contributed by atoms with E-state index < -0.39 is 6.29 Å². The van der Waals surface area contributed by atoms with E-state index in [-0.39, 0.29) is 22.4 Å². The summed E-state index contributed by atoms with van der Waals surface area (Å²) in [6.45, 7) is 10.6. The first-order valence-electron chi connectivity index (χ1n) is 9.37. The molecule has 0 fully saturated rings. The summed E-state index contributed by atoms with van der Waals surface area (Å²) in [6.07, 6.45) is 5.30. The van der Waals surface area contributed by atoms with Crippen molar-refractivity contribution in [1.82, 2.24) is 0 Å². The number of rotatable bonds is 14. The second kappa shape index (κ2) is 11.0. The van der Waals surface area contributed by atoms with Crippen LogP contribution in [-0.4, -0.2) is 28.1 Å². The minimum atomic E-state index is -1.28. The van der Waals surface area contributed by atoms with Gasteiger partial charge in [-0.3, -0.25) is 9.59 Å². The van der Waals surface area contributed by atoms with Gasteiger partial charge >= 0.3 is 0 Å². The number of aliphatic hydroxyl groups is 2. The van der Waals surface area contributed by atoms with E-state index in [1.165, 1.54) is 0 Å². The topological polar surface area (TPSA) is 74.6 Å². The molecule has 0 saturated heterocycles. The Morgan fingerprint density at radius 1 is 0.750 bits per heavy atom. The second-order valence-corrected chi connectivity index (χ2v) is 8.68. The maximum absolute atomic E-state index is 12.0. The maximum atomic E-state index is 12.0. The van der Waals surface area contributed by atoms with Gasteiger partial charge in [-0.1, -0.05) is 41.0 Å². The number of Topliss-reactive ketones (excluding diaryl/α,β-unsaturated/α-hetero) is 2. The van der Waals surface area contributed by atoms with Crippen LogP contribution in [0.4, 0.5) is 0 Å². The van der Waals surface area contributed by atoms with Crippen molar-refractivity contribution in [2.75, 3.05) is 0 Å². The molecule has 0 saturated carbocycles. The van der Waals surface area contributed by atoms with Crippen LogP contribution in [0.3, 0.4) is 0 Å². The van der Waals surface area contributed by atoms with Crippen LogP contribution < -0.4 is 0 Å². The molecular weight excluding hydrogens is 304 g/mol. The minimum absolute atomic E-state index is 0.0897. The average molecular weight is 343 g/mol. The van der Waals surface area contributed by atoms with Crippen molar-refractivity contribution in [3.05, 3.63) is 0 Å². The van der Waals surface area contributed by atoms with E-state index in [1.54, 1.807) is 0 Å².